The molecule has 0 unspecified atom stereocenters. The van der Waals surface area contributed by atoms with Crippen molar-refractivity contribution in [3.63, 3.8) is 0 Å². The van der Waals surface area contributed by atoms with Crippen molar-refractivity contribution >= 4 is 23.5 Å². The van der Waals surface area contributed by atoms with Gasteiger partial charge in [-0.25, -0.2) is 10.4 Å². The lowest BCUT2D eigenvalue weighted by Gasteiger charge is -1.97. The minimum atomic E-state index is -0.318. The van der Waals surface area contributed by atoms with Gasteiger partial charge >= 0.3 is 0 Å². The number of thiazole rings is 1. The molecule has 0 aliphatic heterocycles. The molecule has 0 spiro atoms. The second kappa shape index (κ2) is 6.93. The Labute approximate surface area is 137 Å². The fraction of sp³-hybridized carbons (Fsp3) is 0.0588. The first-order valence-corrected chi connectivity index (χ1v) is 7.82. The molecule has 114 valence electrons. The van der Waals surface area contributed by atoms with Gasteiger partial charge in [-0.2, -0.15) is 5.10 Å². The van der Waals surface area contributed by atoms with E-state index in [0.29, 0.717) is 5.69 Å². The van der Waals surface area contributed by atoms with Gasteiger partial charge in [0, 0.05) is 28.4 Å². The third kappa shape index (κ3) is 3.67. The minimum Gasteiger partial charge on any atom is -0.266 e. The number of nitrogens with one attached hydrogen (secondary N) is 1. The quantitative estimate of drug-likeness (QED) is 0.592. The van der Waals surface area contributed by atoms with E-state index in [-0.39, 0.29) is 5.91 Å². The molecule has 0 bridgehead atoms. The van der Waals surface area contributed by atoms with Gasteiger partial charge in [-0.1, -0.05) is 36.4 Å². The number of hydrazone groups is 1. The molecule has 1 N–H and O–H groups in total. The summed E-state index contributed by atoms with van der Waals surface area (Å²) < 4.78 is 0. The normalized spacial score (nSPS) is 10.8. The summed E-state index contributed by atoms with van der Waals surface area (Å²) in [5, 5.41) is 4.76. The zero-order chi connectivity index (χ0) is 16.1. The van der Waals surface area contributed by atoms with Crippen molar-refractivity contribution in [1.29, 1.82) is 0 Å². The van der Waals surface area contributed by atoms with Gasteiger partial charge in [0.05, 0.1) is 6.21 Å². The molecule has 3 aromatic rings. The Morgan fingerprint density at radius 2 is 2.04 bits per heavy atom. The fourth-order valence-corrected chi connectivity index (χ4v) is 2.90. The Hall–Kier alpha value is -2.86. The molecule has 1 amide bonds. The van der Waals surface area contributed by atoms with Gasteiger partial charge in [-0.15, -0.1) is 11.3 Å². The van der Waals surface area contributed by atoms with E-state index in [9.17, 15) is 4.79 Å². The maximum Gasteiger partial charge on any atom is 0.291 e. The number of aryl methyl sites for hydroxylation is 1. The van der Waals surface area contributed by atoms with E-state index in [0.717, 1.165) is 21.0 Å². The number of aromatic nitrogens is 2. The highest BCUT2D eigenvalue weighted by Gasteiger charge is 2.15. The molecule has 0 saturated heterocycles. The third-order valence-electron chi connectivity index (χ3n) is 3.10. The van der Waals surface area contributed by atoms with Gasteiger partial charge in [0.1, 0.15) is 10.7 Å². The second-order valence-corrected chi connectivity index (χ2v) is 5.98. The maximum atomic E-state index is 12.2. The maximum absolute atomic E-state index is 12.2. The van der Waals surface area contributed by atoms with Crippen molar-refractivity contribution in [2.75, 3.05) is 0 Å². The lowest BCUT2D eigenvalue weighted by Crippen LogP contribution is -2.18. The summed E-state index contributed by atoms with van der Waals surface area (Å²) in [6.07, 6.45) is 4.89. The van der Waals surface area contributed by atoms with E-state index in [1.54, 1.807) is 24.7 Å². The predicted octanol–water partition coefficient (Wildman–Crippen LogP) is 3.28. The van der Waals surface area contributed by atoms with E-state index >= 15 is 0 Å². The van der Waals surface area contributed by atoms with Crippen LogP contribution in [0.1, 0.15) is 20.9 Å². The average Bonchev–Trinajstić information content (AvgIpc) is 2.98. The lowest BCUT2D eigenvalue weighted by molar-refractivity contribution is 0.0950. The molecule has 0 atom stereocenters. The van der Waals surface area contributed by atoms with E-state index < -0.39 is 0 Å². The Morgan fingerprint density at radius 1 is 1.22 bits per heavy atom. The van der Waals surface area contributed by atoms with Gasteiger partial charge in [0.2, 0.25) is 0 Å². The molecule has 23 heavy (non-hydrogen) atoms. The average molecular weight is 322 g/mol. The van der Waals surface area contributed by atoms with Crippen molar-refractivity contribution in [3.05, 3.63) is 71.0 Å². The summed E-state index contributed by atoms with van der Waals surface area (Å²) >= 11 is 1.49. The van der Waals surface area contributed by atoms with Crippen LogP contribution in [0.2, 0.25) is 0 Å². The molecule has 6 heteroatoms. The Bertz CT molecular complexity index is 828. The van der Waals surface area contributed by atoms with E-state index in [4.69, 9.17) is 0 Å². The smallest absolute Gasteiger partial charge is 0.266 e. The van der Waals surface area contributed by atoms with Crippen LogP contribution >= 0.6 is 11.3 Å². The van der Waals surface area contributed by atoms with Crippen LogP contribution in [-0.2, 0) is 0 Å². The number of carbonyl (C=O) groups is 1. The summed E-state index contributed by atoms with van der Waals surface area (Å²) in [6, 6.07) is 13.4. The van der Waals surface area contributed by atoms with Crippen LogP contribution in [0.4, 0.5) is 0 Å². The van der Waals surface area contributed by atoms with Crippen LogP contribution in [0.3, 0.4) is 0 Å². The Balaban J connectivity index is 1.73. The predicted molar refractivity (Wildman–Crippen MR) is 91.6 cm³/mol. The molecule has 0 fully saturated rings. The van der Waals surface area contributed by atoms with Gasteiger partial charge < -0.3 is 0 Å². The van der Waals surface area contributed by atoms with Crippen molar-refractivity contribution in [2.45, 2.75) is 6.92 Å². The highest BCUT2D eigenvalue weighted by Crippen LogP contribution is 2.27. The summed E-state index contributed by atoms with van der Waals surface area (Å²) in [6.45, 7) is 1.88. The molecule has 5 nitrogen and oxygen atoms in total. The molecule has 0 saturated carbocycles. The number of hydrogen-bond donors (Lipinski definition) is 1. The number of hydrogen-bond acceptors (Lipinski definition) is 5. The Kier molecular flexibility index (Phi) is 4.54. The van der Waals surface area contributed by atoms with Crippen molar-refractivity contribution in [2.24, 2.45) is 5.10 Å². The Morgan fingerprint density at radius 3 is 2.78 bits per heavy atom. The first-order valence-electron chi connectivity index (χ1n) is 7.00. The number of pyridine rings is 1. The van der Waals surface area contributed by atoms with Crippen LogP contribution < -0.4 is 5.43 Å². The number of nitrogens with zero attached hydrogens (tertiary/aromatic N) is 3. The number of amides is 1. The van der Waals surface area contributed by atoms with Crippen LogP contribution in [0.25, 0.3) is 10.6 Å². The summed E-state index contributed by atoms with van der Waals surface area (Å²) in [4.78, 5) is 21.5. The summed E-state index contributed by atoms with van der Waals surface area (Å²) in [5.74, 6) is -0.318. The molecular formula is C17H14N4OS. The van der Waals surface area contributed by atoms with Gasteiger partial charge in [0.25, 0.3) is 5.91 Å². The van der Waals surface area contributed by atoms with Crippen LogP contribution in [-0.4, -0.2) is 22.1 Å². The molecule has 2 aromatic heterocycles. The first kappa shape index (κ1) is 15.1. The molecular weight excluding hydrogens is 308 g/mol. The van der Waals surface area contributed by atoms with Crippen LogP contribution in [0.15, 0.2) is 60.0 Å². The van der Waals surface area contributed by atoms with Gasteiger partial charge in [-0.05, 0) is 13.0 Å². The molecule has 1 aromatic carbocycles. The third-order valence-corrected chi connectivity index (χ3v) is 4.12. The van der Waals surface area contributed by atoms with Gasteiger partial charge in [0.15, 0.2) is 0 Å². The second-order valence-electron chi connectivity index (χ2n) is 4.78. The minimum absolute atomic E-state index is 0.318. The fourth-order valence-electron chi connectivity index (χ4n) is 1.98. The first-order chi connectivity index (χ1) is 11.2. The molecule has 2 heterocycles. The van der Waals surface area contributed by atoms with E-state index in [2.05, 4.69) is 20.5 Å². The van der Waals surface area contributed by atoms with E-state index in [1.165, 1.54) is 11.3 Å². The zero-order valence-corrected chi connectivity index (χ0v) is 13.2. The van der Waals surface area contributed by atoms with Crippen molar-refractivity contribution in [3.8, 4) is 10.6 Å². The highest BCUT2D eigenvalue weighted by atomic mass is 32.1. The van der Waals surface area contributed by atoms with Crippen LogP contribution in [0.5, 0.6) is 0 Å². The lowest BCUT2D eigenvalue weighted by atomic mass is 10.2. The molecule has 3 rings (SSSR count). The standard InChI is InChI=1S/C17H14N4OS/c1-12-15(20-17(23-12)14-7-3-2-4-8-14)16(22)21-19-11-13-6-5-9-18-10-13/h2-11H,1H3,(H,21,22)/b19-11-. The summed E-state index contributed by atoms with van der Waals surface area (Å²) in [7, 11) is 0. The number of rotatable bonds is 4. The van der Waals surface area contributed by atoms with Crippen molar-refractivity contribution in [1.82, 2.24) is 15.4 Å². The van der Waals surface area contributed by atoms with Crippen LogP contribution in [0, 0.1) is 6.92 Å². The SMILES string of the molecule is Cc1sc(-c2ccccc2)nc1C(=O)N/N=C\c1cccnc1. The monoisotopic (exact) mass is 322 g/mol. The zero-order valence-electron chi connectivity index (χ0n) is 12.4. The molecule has 0 aliphatic carbocycles. The summed E-state index contributed by atoms with van der Waals surface area (Å²) in [5.41, 5.74) is 4.71. The number of benzene rings is 1. The molecule has 0 radical (unpaired) electrons. The highest BCUT2D eigenvalue weighted by molar-refractivity contribution is 7.15. The largest absolute Gasteiger partial charge is 0.291 e. The van der Waals surface area contributed by atoms with Gasteiger partial charge in [-0.3, -0.25) is 9.78 Å². The van der Waals surface area contributed by atoms with Crippen molar-refractivity contribution < 1.29 is 4.79 Å². The number of carbonyl (C=O) groups excluding carboxylic acids is 1. The molecule has 0 aliphatic rings. The van der Waals surface area contributed by atoms with E-state index in [1.807, 2.05) is 43.3 Å². The topological polar surface area (TPSA) is 67.2 Å².